The molecule has 1 atom stereocenters. The molecule has 0 aliphatic heterocycles. The predicted octanol–water partition coefficient (Wildman–Crippen LogP) is 5.07. The monoisotopic (exact) mass is 414 g/mol. The van der Waals surface area contributed by atoms with Crippen LogP contribution in [-0.4, -0.2) is 17.2 Å². The highest BCUT2D eigenvalue weighted by Crippen LogP contribution is 2.23. The summed E-state index contributed by atoms with van der Waals surface area (Å²) in [5.74, 6) is 0.630. The van der Waals surface area contributed by atoms with E-state index in [1.54, 1.807) is 13.0 Å². The molecule has 0 radical (unpaired) electrons. The lowest BCUT2D eigenvalue weighted by molar-refractivity contribution is -0.122. The van der Waals surface area contributed by atoms with Gasteiger partial charge in [0.25, 0.3) is 5.91 Å². The summed E-state index contributed by atoms with van der Waals surface area (Å²) in [4.78, 5) is 12.3. The van der Waals surface area contributed by atoms with Crippen molar-refractivity contribution in [2.45, 2.75) is 26.4 Å². The number of hydrogen-bond acceptors (Lipinski definition) is 4. The maximum Gasteiger partial charge on any atom is 0.267 e. The van der Waals surface area contributed by atoms with Gasteiger partial charge >= 0.3 is 0 Å². The highest BCUT2D eigenvalue weighted by atomic mass is 79.9. The first kappa shape index (κ1) is 18.2. The third-order valence-corrected chi connectivity index (χ3v) is 4.44. The molecule has 2 aromatic carbocycles. The average Bonchev–Trinajstić information content (AvgIpc) is 3.11. The van der Waals surface area contributed by atoms with Gasteiger partial charge in [0, 0.05) is 16.1 Å². The van der Waals surface area contributed by atoms with Crippen LogP contribution in [0.1, 0.15) is 19.4 Å². The molecule has 3 aromatic rings. The van der Waals surface area contributed by atoms with Gasteiger partial charge in [0.05, 0.1) is 0 Å². The summed E-state index contributed by atoms with van der Waals surface area (Å²) >= 11 is 3.39. The first-order chi connectivity index (χ1) is 12.5. The molecule has 1 unspecified atom stereocenters. The second-order valence-electron chi connectivity index (χ2n) is 5.83. The summed E-state index contributed by atoms with van der Waals surface area (Å²) < 4.78 is 11.9. The average molecular weight is 415 g/mol. The van der Waals surface area contributed by atoms with Crippen LogP contribution < -0.4 is 10.1 Å². The zero-order valence-corrected chi connectivity index (χ0v) is 16.1. The summed E-state index contributed by atoms with van der Waals surface area (Å²) in [5, 5.41) is 6.67. The smallest absolute Gasteiger partial charge is 0.267 e. The Morgan fingerprint density at radius 1 is 1.19 bits per heavy atom. The third-order valence-electron chi connectivity index (χ3n) is 3.91. The Bertz CT molecular complexity index is 873. The Hall–Kier alpha value is -2.60. The molecule has 26 heavy (non-hydrogen) atoms. The number of halogens is 1. The Balaban J connectivity index is 1.61. The molecule has 6 heteroatoms. The fourth-order valence-corrected chi connectivity index (χ4v) is 2.64. The first-order valence-electron chi connectivity index (χ1n) is 8.34. The van der Waals surface area contributed by atoms with Gasteiger partial charge in [-0.1, -0.05) is 52.3 Å². The molecule has 0 bridgehead atoms. The summed E-state index contributed by atoms with van der Waals surface area (Å²) in [7, 11) is 0. The molecule has 0 aliphatic rings. The van der Waals surface area contributed by atoms with Crippen molar-refractivity contribution in [3.05, 3.63) is 64.6 Å². The van der Waals surface area contributed by atoms with Gasteiger partial charge in [-0.2, -0.15) is 0 Å². The number of nitrogens with zero attached hydrogens (tertiary/aromatic N) is 1. The van der Waals surface area contributed by atoms with Gasteiger partial charge in [-0.05, 0) is 43.2 Å². The maximum atomic E-state index is 12.3. The predicted molar refractivity (Wildman–Crippen MR) is 104 cm³/mol. The van der Waals surface area contributed by atoms with Crippen LogP contribution >= 0.6 is 15.9 Å². The molecule has 3 rings (SSSR count). The normalized spacial score (nSPS) is 11.8. The Labute approximate surface area is 160 Å². The van der Waals surface area contributed by atoms with Crippen LogP contribution in [0.2, 0.25) is 0 Å². The van der Waals surface area contributed by atoms with Crippen molar-refractivity contribution in [2.24, 2.45) is 0 Å². The number of ether oxygens (including phenoxy) is 1. The van der Waals surface area contributed by atoms with Crippen molar-refractivity contribution in [1.29, 1.82) is 0 Å². The van der Waals surface area contributed by atoms with Gasteiger partial charge in [0.15, 0.2) is 6.10 Å². The summed E-state index contributed by atoms with van der Waals surface area (Å²) in [5.41, 5.74) is 2.77. The number of nitrogens with one attached hydrogen (secondary N) is 1. The SMILES string of the molecule is CCc1ccc(OC(C)C(=O)Nc2cc(-c3ccc(Br)cc3)no2)cc1. The number of anilines is 1. The van der Waals surface area contributed by atoms with Crippen molar-refractivity contribution in [3.8, 4) is 17.0 Å². The number of aromatic nitrogens is 1. The zero-order chi connectivity index (χ0) is 18.5. The van der Waals surface area contributed by atoms with Crippen LogP contribution in [-0.2, 0) is 11.2 Å². The minimum atomic E-state index is -0.663. The van der Waals surface area contributed by atoms with Gasteiger partial charge in [0.1, 0.15) is 11.4 Å². The van der Waals surface area contributed by atoms with Crippen LogP contribution in [0.15, 0.2) is 63.6 Å². The van der Waals surface area contributed by atoms with Crippen LogP contribution in [0.25, 0.3) is 11.3 Å². The Morgan fingerprint density at radius 2 is 1.88 bits per heavy atom. The van der Waals surface area contributed by atoms with Gasteiger partial charge in [0.2, 0.25) is 5.88 Å². The quantitative estimate of drug-likeness (QED) is 0.611. The van der Waals surface area contributed by atoms with E-state index in [1.807, 2.05) is 48.5 Å². The molecule has 0 fully saturated rings. The number of carbonyl (C=O) groups excluding carboxylic acids is 1. The number of carbonyl (C=O) groups is 1. The van der Waals surface area contributed by atoms with Gasteiger partial charge in [-0.15, -0.1) is 0 Å². The van der Waals surface area contributed by atoms with E-state index in [4.69, 9.17) is 9.26 Å². The molecular formula is C20H19BrN2O3. The highest BCUT2D eigenvalue weighted by molar-refractivity contribution is 9.10. The zero-order valence-electron chi connectivity index (χ0n) is 14.5. The fraction of sp³-hybridized carbons (Fsp3) is 0.200. The molecule has 134 valence electrons. The molecular weight excluding hydrogens is 396 g/mol. The van der Waals surface area contributed by atoms with E-state index < -0.39 is 6.10 Å². The molecule has 1 amide bonds. The fourth-order valence-electron chi connectivity index (χ4n) is 2.38. The number of rotatable bonds is 6. The van der Waals surface area contributed by atoms with Crippen molar-refractivity contribution in [1.82, 2.24) is 5.16 Å². The van der Waals surface area contributed by atoms with Gasteiger partial charge in [-0.3, -0.25) is 10.1 Å². The largest absolute Gasteiger partial charge is 0.481 e. The molecule has 1 heterocycles. The lowest BCUT2D eigenvalue weighted by atomic mass is 10.1. The van der Waals surface area contributed by atoms with Crippen LogP contribution in [0.3, 0.4) is 0 Å². The van der Waals surface area contributed by atoms with Crippen molar-refractivity contribution < 1.29 is 14.1 Å². The summed E-state index contributed by atoms with van der Waals surface area (Å²) in [6.07, 6.45) is 0.298. The van der Waals surface area contributed by atoms with E-state index in [0.717, 1.165) is 16.5 Å². The third kappa shape index (κ3) is 4.52. The molecule has 1 aromatic heterocycles. The van der Waals surface area contributed by atoms with Crippen LogP contribution in [0.5, 0.6) is 5.75 Å². The lowest BCUT2D eigenvalue weighted by Crippen LogP contribution is -2.29. The van der Waals surface area contributed by atoms with E-state index in [-0.39, 0.29) is 11.8 Å². The number of hydrogen-bond donors (Lipinski definition) is 1. The molecule has 0 saturated carbocycles. The molecule has 5 nitrogen and oxygen atoms in total. The molecule has 1 N–H and O–H groups in total. The second kappa shape index (κ2) is 8.19. The maximum absolute atomic E-state index is 12.3. The summed E-state index contributed by atoms with van der Waals surface area (Å²) in [6.45, 7) is 3.78. The second-order valence-corrected chi connectivity index (χ2v) is 6.75. The molecule has 0 spiro atoms. The van der Waals surface area contributed by atoms with E-state index in [1.165, 1.54) is 5.56 Å². The van der Waals surface area contributed by atoms with Crippen molar-refractivity contribution >= 4 is 27.7 Å². The molecule has 0 aliphatic carbocycles. The number of amides is 1. The first-order valence-corrected chi connectivity index (χ1v) is 9.13. The van der Waals surface area contributed by atoms with E-state index in [0.29, 0.717) is 11.4 Å². The minimum absolute atomic E-state index is 0.282. The summed E-state index contributed by atoms with van der Waals surface area (Å²) in [6, 6.07) is 17.1. The van der Waals surface area contributed by atoms with E-state index in [2.05, 4.69) is 33.3 Å². The van der Waals surface area contributed by atoms with Gasteiger partial charge in [-0.25, -0.2) is 0 Å². The standard InChI is InChI=1S/C20H19BrN2O3/c1-3-14-4-10-17(11-5-14)25-13(2)20(24)22-19-12-18(23-26-19)15-6-8-16(21)9-7-15/h4-13H,3H2,1-2H3,(H,22,24). The lowest BCUT2D eigenvalue weighted by Gasteiger charge is -2.13. The van der Waals surface area contributed by atoms with Crippen LogP contribution in [0, 0.1) is 0 Å². The number of benzene rings is 2. The van der Waals surface area contributed by atoms with E-state index >= 15 is 0 Å². The van der Waals surface area contributed by atoms with Crippen molar-refractivity contribution in [3.63, 3.8) is 0 Å². The van der Waals surface area contributed by atoms with Gasteiger partial charge < -0.3 is 9.26 Å². The topological polar surface area (TPSA) is 64.4 Å². The minimum Gasteiger partial charge on any atom is -0.481 e. The van der Waals surface area contributed by atoms with Crippen molar-refractivity contribution in [2.75, 3.05) is 5.32 Å². The number of aryl methyl sites for hydroxylation is 1. The Morgan fingerprint density at radius 3 is 2.54 bits per heavy atom. The Kier molecular flexibility index (Phi) is 5.73. The highest BCUT2D eigenvalue weighted by Gasteiger charge is 2.17. The molecule has 0 saturated heterocycles. The van der Waals surface area contributed by atoms with Crippen LogP contribution in [0.4, 0.5) is 5.88 Å². The van der Waals surface area contributed by atoms with E-state index in [9.17, 15) is 4.79 Å².